The molecule has 3 rings (SSSR count). The summed E-state index contributed by atoms with van der Waals surface area (Å²) in [5, 5.41) is 18.9. The highest BCUT2D eigenvalue weighted by Gasteiger charge is 2.25. The third-order valence-corrected chi connectivity index (χ3v) is 4.02. The Kier molecular flexibility index (Phi) is 5.80. The van der Waals surface area contributed by atoms with Gasteiger partial charge >= 0.3 is 11.9 Å². The predicted octanol–water partition coefficient (Wildman–Crippen LogP) is 3.08. The molecule has 1 aliphatic heterocycles. The molecule has 0 aliphatic carbocycles. The van der Waals surface area contributed by atoms with E-state index in [0.29, 0.717) is 3.57 Å². The van der Waals surface area contributed by atoms with Crippen LogP contribution in [0.4, 0.5) is 5.69 Å². The molecule has 0 atom stereocenters. The SMILES string of the molecule is O=C1CC(=O)c2cc(C(=O)O)ccc2O1.O=[N+]([O-])c1ccccc1I. The van der Waals surface area contributed by atoms with Crippen LogP contribution in [0.2, 0.25) is 0 Å². The summed E-state index contributed by atoms with van der Waals surface area (Å²) in [6, 6.07) is 10.4. The van der Waals surface area contributed by atoms with Crippen molar-refractivity contribution in [2.75, 3.05) is 0 Å². The molecule has 1 N–H and O–H groups in total. The van der Waals surface area contributed by atoms with Crippen molar-refractivity contribution in [1.29, 1.82) is 0 Å². The third-order valence-electron chi connectivity index (χ3n) is 3.10. The first-order valence-electron chi connectivity index (χ1n) is 6.79. The number of Topliss-reactive ketones (excluding diaryl/α,β-unsaturated/α-hetero) is 1. The summed E-state index contributed by atoms with van der Waals surface area (Å²) in [5.41, 5.74) is 0.317. The summed E-state index contributed by atoms with van der Waals surface area (Å²) < 4.78 is 5.46. The van der Waals surface area contributed by atoms with Crippen molar-refractivity contribution in [2.24, 2.45) is 0 Å². The Hall–Kier alpha value is -2.82. The number of rotatable bonds is 2. The van der Waals surface area contributed by atoms with Crippen molar-refractivity contribution in [3.63, 3.8) is 0 Å². The minimum atomic E-state index is -1.12. The first-order chi connectivity index (χ1) is 11.8. The summed E-state index contributed by atoms with van der Waals surface area (Å²) >= 11 is 1.93. The number of benzene rings is 2. The number of ether oxygens (including phenoxy) is 1. The van der Waals surface area contributed by atoms with Gasteiger partial charge in [0, 0.05) is 6.07 Å². The lowest BCUT2D eigenvalue weighted by Gasteiger charge is -2.14. The second-order valence-corrected chi connectivity index (χ2v) is 5.96. The molecule has 128 valence electrons. The number of hydrogen-bond donors (Lipinski definition) is 1. The number of nitro benzene ring substituents is 1. The van der Waals surface area contributed by atoms with Crippen LogP contribution in [0.15, 0.2) is 42.5 Å². The van der Waals surface area contributed by atoms with Crippen LogP contribution in [0.5, 0.6) is 5.75 Å². The highest BCUT2D eigenvalue weighted by atomic mass is 127. The van der Waals surface area contributed by atoms with Gasteiger partial charge in [0.25, 0.3) is 5.69 Å². The molecule has 8 nitrogen and oxygen atoms in total. The lowest BCUT2D eigenvalue weighted by atomic mass is 10.0. The van der Waals surface area contributed by atoms with Gasteiger partial charge in [0.15, 0.2) is 5.78 Å². The molecule has 25 heavy (non-hydrogen) atoms. The van der Waals surface area contributed by atoms with Crippen LogP contribution < -0.4 is 4.74 Å². The minimum Gasteiger partial charge on any atom is -0.478 e. The van der Waals surface area contributed by atoms with E-state index in [0.717, 1.165) is 0 Å². The largest absolute Gasteiger partial charge is 0.478 e. The fourth-order valence-electron chi connectivity index (χ4n) is 1.95. The Morgan fingerprint density at radius 2 is 1.88 bits per heavy atom. The molecule has 0 unspecified atom stereocenters. The van der Waals surface area contributed by atoms with Gasteiger partial charge in [-0.2, -0.15) is 0 Å². The van der Waals surface area contributed by atoms with E-state index in [9.17, 15) is 24.5 Å². The maximum Gasteiger partial charge on any atom is 0.335 e. The van der Waals surface area contributed by atoms with Crippen LogP contribution in [0.25, 0.3) is 0 Å². The van der Waals surface area contributed by atoms with E-state index in [1.807, 2.05) is 22.6 Å². The maximum atomic E-state index is 11.4. The lowest BCUT2D eigenvalue weighted by Crippen LogP contribution is -2.21. The standard InChI is InChI=1S/C10H6O5.C6H4INO2/c11-7-4-9(12)15-8-2-1-5(10(13)14)3-6(7)8;7-5-3-1-2-4-6(5)8(9)10/h1-3H,4H2,(H,13,14);1-4H. The summed E-state index contributed by atoms with van der Waals surface area (Å²) in [4.78, 5) is 42.7. The average Bonchev–Trinajstić information content (AvgIpc) is 2.55. The Morgan fingerprint density at radius 3 is 2.44 bits per heavy atom. The maximum absolute atomic E-state index is 11.4. The number of nitro groups is 1. The number of hydrogen-bond acceptors (Lipinski definition) is 6. The number of aromatic carboxylic acids is 1. The van der Waals surface area contributed by atoms with Gasteiger partial charge in [0.05, 0.1) is 19.6 Å². The zero-order valence-corrected chi connectivity index (χ0v) is 14.6. The smallest absolute Gasteiger partial charge is 0.335 e. The summed E-state index contributed by atoms with van der Waals surface area (Å²) in [7, 11) is 0. The Morgan fingerprint density at radius 1 is 1.20 bits per heavy atom. The highest BCUT2D eigenvalue weighted by molar-refractivity contribution is 14.1. The van der Waals surface area contributed by atoms with E-state index in [2.05, 4.69) is 0 Å². The van der Waals surface area contributed by atoms with Crippen LogP contribution in [0.1, 0.15) is 27.1 Å². The number of carboxylic acid groups (broad SMARTS) is 1. The summed E-state index contributed by atoms with van der Waals surface area (Å²) in [5.74, 6) is -2.02. The van der Waals surface area contributed by atoms with Gasteiger partial charge in [-0.05, 0) is 46.9 Å². The van der Waals surface area contributed by atoms with E-state index in [1.54, 1.807) is 18.2 Å². The molecule has 0 spiro atoms. The van der Waals surface area contributed by atoms with E-state index >= 15 is 0 Å². The number of esters is 1. The number of halogens is 1. The second-order valence-electron chi connectivity index (χ2n) is 4.80. The lowest BCUT2D eigenvalue weighted by molar-refractivity contribution is -0.385. The van der Waals surface area contributed by atoms with Gasteiger partial charge in [0.2, 0.25) is 0 Å². The molecular formula is C16H10INO7. The van der Waals surface area contributed by atoms with Gasteiger partial charge in [-0.1, -0.05) is 12.1 Å². The van der Waals surface area contributed by atoms with Gasteiger partial charge in [-0.25, -0.2) is 4.79 Å². The Balaban J connectivity index is 0.000000196. The van der Waals surface area contributed by atoms with E-state index in [-0.39, 0.29) is 33.9 Å². The molecule has 0 saturated carbocycles. The third kappa shape index (κ3) is 4.59. The molecule has 1 aliphatic rings. The number of carboxylic acids is 1. The Labute approximate surface area is 154 Å². The van der Waals surface area contributed by atoms with Gasteiger partial charge in [-0.15, -0.1) is 0 Å². The van der Waals surface area contributed by atoms with E-state index < -0.39 is 17.7 Å². The molecule has 1 heterocycles. The minimum absolute atomic E-state index is 0.0000454. The van der Waals surface area contributed by atoms with Crippen LogP contribution >= 0.6 is 22.6 Å². The number of ketones is 1. The van der Waals surface area contributed by atoms with Crippen molar-refractivity contribution in [1.82, 2.24) is 0 Å². The number of para-hydroxylation sites is 1. The number of nitrogens with zero attached hydrogens (tertiary/aromatic N) is 1. The van der Waals surface area contributed by atoms with E-state index in [1.165, 1.54) is 24.3 Å². The van der Waals surface area contributed by atoms with E-state index in [4.69, 9.17) is 9.84 Å². The zero-order chi connectivity index (χ0) is 18.6. The van der Waals surface area contributed by atoms with Crippen molar-refractivity contribution >= 4 is 46.0 Å². The molecule has 2 aromatic rings. The van der Waals surface area contributed by atoms with Crippen LogP contribution in [-0.2, 0) is 4.79 Å². The molecule has 0 amide bonds. The van der Waals surface area contributed by atoms with Gasteiger partial charge < -0.3 is 9.84 Å². The molecule has 0 aromatic heterocycles. The van der Waals surface area contributed by atoms with Crippen LogP contribution in [0.3, 0.4) is 0 Å². The number of carbonyl (C=O) groups is 3. The fourth-order valence-corrected chi connectivity index (χ4v) is 2.54. The first kappa shape index (κ1) is 18.5. The molecule has 9 heteroatoms. The molecular weight excluding hydrogens is 445 g/mol. The Bertz CT molecular complexity index is 879. The van der Waals surface area contributed by atoms with Crippen LogP contribution in [-0.4, -0.2) is 27.8 Å². The van der Waals surface area contributed by atoms with Crippen molar-refractivity contribution in [3.05, 3.63) is 67.3 Å². The molecule has 0 radical (unpaired) electrons. The topological polar surface area (TPSA) is 124 Å². The normalized spacial score (nSPS) is 12.4. The van der Waals surface area contributed by atoms with Gasteiger partial charge in [0.1, 0.15) is 12.2 Å². The predicted molar refractivity (Wildman–Crippen MR) is 93.8 cm³/mol. The average molecular weight is 455 g/mol. The zero-order valence-electron chi connectivity index (χ0n) is 12.5. The second kappa shape index (κ2) is 7.83. The molecule has 0 fully saturated rings. The van der Waals surface area contributed by atoms with Gasteiger partial charge in [-0.3, -0.25) is 19.7 Å². The quantitative estimate of drug-likeness (QED) is 0.184. The summed E-state index contributed by atoms with van der Waals surface area (Å²) in [6.45, 7) is 0. The number of fused-ring (bicyclic) bond motifs is 1. The molecule has 2 aromatic carbocycles. The van der Waals surface area contributed by atoms with Crippen molar-refractivity contribution < 1.29 is 29.2 Å². The summed E-state index contributed by atoms with van der Waals surface area (Å²) in [6.07, 6.45) is -0.337. The monoisotopic (exact) mass is 455 g/mol. The van der Waals surface area contributed by atoms with Crippen molar-refractivity contribution in [3.8, 4) is 5.75 Å². The number of carbonyl (C=O) groups excluding carboxylic acids is 2. The molecule has 0 bridgehead atoms. The molecule has 0 saturated heterocycles. The highest BCUT2D eigenvalue weighted by Crippen LogP contribution is 2.26. The van der Waals surface area contributed by atoms with Crippen molar-refractivity contribution in [2.45, 2.75) is 6.42 Å². The first-order valence-corrected chi connectivity index (χ1v) is 7.87. The van der Waals surface area contributed by atoms with Crippen LogP contribution in [0, 0.1) is 13.7 Å². The fraction of sp³-hybridized carbons (Fsp3) is 0.0625.